The van der Waals surface area contributed by atoms with E-state index in [-0.39, 0.29) is 16.6 Å². The summed E-state index contributed by atoms with van der Waals surface area (Å²) < 4.78 is 13.1. The third-order valence-corrected chi connectivity index (χ3v) is 3.90. The molecule has 0 radical (unpaired) electrons. The topological polar surface area (TPSA) is 69.7 Å². The Morgan fingerprint density at radius 2 is 2.04 bits per heavy atom. The van der Waals surface area contributed by atoms with Gasteiger partial charge >= 0.3 is 11.8 Å². The fourth-order valence-corrected chi connectivity index (χ4v) is 2.63. The van der Waals surface area contributed by atoms with Crippen LogP contribution in [0.1, 0.15) is 12.8 Å². The first-order chi connectivity index (χ1) is 10.8. The number of halogens is 2. The zero-order chi connectivity index (χ0) is 17.1. The highest BCUT2D eigenvalue weighted by atomic mass is 35.5. The number of nitrogens with one attached hydrogen (secondary N) is 1. The molecule has 1 aromatic rings. The quantitative estimate of drug-likeness (QED) is 0.829. The first-order valence-corrected chi connectivity index (χ1v) is 7.47. The van der Waals surface area contributed by atoms with E-state index in [0.29, 0.717) is 19.4 Å². The summed E-state index contributed by atoms with van der Waals surface area (Å²) in [5.41, 5.74) is 0.212. The van der Waals surface area contributed by atoms with Crippen molar-refractivity contribution in [2.75, 3.05) is 26.0 Å². The molecule has 8 heteroatoms. The van der Waals surface area contributed by atoms with Crippen molar-refractivity contribution in [3.63, 3.8) is 0 Å². The van der Waals surface area contributed by atoms with Crippen LogP contribution in [0.3, 0.4) is 0 Å². The molecule has 124 valence electrons. The molecule has 1 heterocycles. The number of amides is 3. The minimum Gasteiger partial charge on any atom is -0.347 e. The van der Waals surface area contributed by atoms with Gasteiger partial charge in [-0.15, -0.1) is 0 Å². The van der Waals surface area contributed by atoms with Crippen LogP contribution in [-0.4, -0.2) is 54.2 Å². The van der Waals surface area contributed by atoms with Gasteiger partial charge in [0.15, 0.2) is 0 Å². The first kappa shape index (κ1) is 17.2. The second kappa shape index (κ2) is 6.95. The molecule has 6 nitrogen and oxygen atoms in total. The number of hydrogen-bond donors (Lipinski definition) is 1. The summed E-state index contributed by atoms with van der Waals surface area (Å²) in [5.74, 6) is -2.50. The number of anilines is 1. The van der Waals surface area contributed by atoms with Crippen LogP contribution in [0.5, 0.6) is 0 Å². The van der Waals surface area contributed by atoms with Gasteiger partial charge in [0.05, 0.1) is 5.02 Å². The fourth-order valence-electron chi connectivity index (χ4n) is 2.45. The molecule has 1 aromatic carbocycles. The predicted molar refractivity (Wildman–Crippen MR) is 83.5 cm³/mol. The van der Waals surface area contributed by atoms with E-state index in [1.165, 1.54) is 21.9 Å². The van der Waals surface area contributed by atoms with Gasteiger partial charge in [0.2, 0.25) is 5.91 Å². The van der Waals surface area contributed by atoms with Gasteiger partial charge in [0, 0.05) is 26.3 Å². The van der Waals surface area contributed by atoms with Crippen LogP contribution in [0.4, 0.5) is 10.1 Å². The molecule has 1 aliphatic rings. The van der Waals surface area contributed by atoms with Gasteiger partial charge < -0.3 is 15.1 Å². The number of benzene rings is 1. The second-order valence-electron chi connectivity index (χ2n) is 5.47. The van der Waals surface area contributed by atoms with Crippen molar-refractivity contribution in [3.05, 3.63) is 29.0 Å². The van der Waals surface area contributed by atoms with Crippen molar-refractivity contribution < 1.29 is 18.8 Å². The van der Waals surface area contributed by atoms with Crippen LogP contribution < -0.4 is 5.32 Å². The van der Waals surface area contributed by atoms with E-state index in [4.69, 9.17) is 11.6 Å². The number of likely N-dealkylation sites (tertiary alicyclic amines) is 1. The van der Waals surface area contributed by atoms with Crippen LogP contribution >= 0.6 is 11.6 Å². The smallest absolute Gasteiger partial charge is 0.313 e. The van der Waals surface area contributed by atoms with Crippen LogP contribution in [0, 0.1) is 5.82 Å². The molecule has 1 atom stereocenters. The third-order valence-electron chi connectivity index (χ3n) is 3.61. The molecule has 1 saturated heterocycles. The fraction of sp³-hybridized carbons (Fsp3) is 0.400. The number of rotatable bonds is 2. The molecule has 0 spiro atoms. The van der Waals surface area contributed by atoms with Crippen LogP contribution in [0.2, 0.25) is 5.02 Å². The van der Waals surface area contributed by atoms with Gasteiger partial charge in [-0.1, -0.05) is 11.6 Å². The maximum atomic E-state index is 13.1. The Hall–Kier alpha value is -2.15. The highest BCUT2D eigenvalue weighted by molar-refractivity contribution is 6.40. The molecular weight excluding hydrogens is 325 g/mol. The maximum absolute atomic E-state index is 13.1. The SMILES string of the molecule is CN(C)C(=O)C1CCCN1C(=O)C(=O)Nc1ccc(F)c(Cl)c1. The summed E-state index contributed by atoms with van der Waals surface area (Å²) in [6, 6.07) is 2.99. The van der Waals surface area contributed by atoms with E-state index in [1.807, 2.05) is 0 Å². The number of carbonyl (C=O) groups is 3. The molecule has 3 amide bonds. The van der Waals surface area contributed by atoms with Gasteiger partial charge in [0.25, 0.3) is 0 Å². The highest BCUT2D eigenvalue weighted by Gasteiger charge is 2.37. The Labute approximate surface area is 138 Å². The number of hydrogen-bond acceptors (Lipinski definition) is 3. The normalized spacial score (nSPS) is 17.0. The van der Waals surface area contributed by atoms with Crippen LogP contribution in [0.25, 0.3) is 0 Å². The average molecular weight is 342 g/mol. The first-order valence-electron chi connectivity index (χ1n) is 7.09. The molecule has 1 unspecified atom stereocenters. The van der Waals surface area contributed by atoms with E-state index in [9.17, 15) is 18.8 Å². The molecule has 1 N–H and O–H groups in total. The van der Waals surface area contributed by atoms with Crippen molar-refractivity contribution in [1.29, 1.82) is 0 Å². The average Bonchev–Trinajstić information content (AvgIpc) is 2.98. The number of carbonyl (C=O) groups excluding carboxylic acids is 3. The lowest BCUT2D eigenvalue weighted by atomic mass is 10.2. The standard InChI is InChI=1S/C15H17ClFN3O3/c1-19(2)14(22)12-4-3-7-20(12)15(23)13(21)18-9-5-6-11(17)10(16)8-9/h5-6,8,12H,3-4,7H2,1-2H3,(H,18,21). The Morgan fingerprint density at radius 3 is 2.65 bits per heavy atom. The summed E-state index contributed by atoms with van der Waals surface area (Å²) in [5, 5.41) is 2.21. The van der Waals surface area contributed by atoms with Gasteiger partial charge in [-0.25, -0.2) is 4.39 Å². The Morgan fingerprint density at radius 1 is 1.35 bits per heavy atom. The molecule has 0 bridgehead atoms. The third kappa shape index (κ3) is 3.79. The van der Waals surface area contributed by atoms with Crippen molar-refractivity contribution >= 4 is 35.0 Å². The summed E-state index contributed by atoms with van der Waals surface area (Å²) in [6.07, 6.45) is 1.18. The van der Waals surface area contributed by atoms with E-state index in [1.54, 1.807) is 14.1 Å². The molecule has 0 aliphatic carbocycles. The second-order valence-corrected chi connectivity index (χ2v) is 5.88. The van der Waals surface area contributed by atoms with Crippen molar-refractivity contribution in [2.45, 2.75) is 18.9 Å². The van der Waals surface area contributed by atoms with Gasteiger partial charge in [0.1, 0.15) is 11.9 Å². The monoisotopic (exact) mass is 341 g/mol. The lowest BCUT2D eigenvalue weighted by Crippen LogP contribution is -2.48. The van der Waals surface area contributed by atoms with Gasteiger partial charge in [-0.3, -0.25) is 14.4 Å². The van der Waals surface area contributed by atoms with E-state index in [2.05, 4.69) is 5.32 Å². The Balaban J connectivity index is 2.08. The summed E-state index contributed by atoms with van der Waals surface area (Å²) in [7, 11) is 3.20. The molecule has 23 heavy (non-hydrogen) atoms. The lowest BCUT2D eigenvalue weighted by Gasteiger charge is -2.25. The maximum Gasteiger partial charge on any atom is 0.313 e. The molecule has 0 aromatic heterocycles. The molecular formula is C15H17ClFN3O3. The lowest BCUT2D eigenvalue weighted by molar-refractivity contribution is -0.147. The Kier molecular flexibility index (Phi) is 5.20. The Bertz CT molecular complexity index is 651. The minimum absolute atomic E-state index is 0.155. The van der Waals surface area contributed by atoms with E-state index in [0.717, 1.165) is 6.07 Å². The number of nitrogens with zero attached hydrogens (tertiary/aromatic N) is 2. The molecule has 1 fully saturated rings. The van der Waals surface area contributed by atoms with Crippen molar-refractivity contribution in [2.24, 2.45) is 0 Å². The van der Waals surface area contributed by atoms with E-state index < -0.39 is 23.7 Å². The predicted octanol–water partition coefficient (Wildman–Crippen LogP) is 1.50. The molecule has 0 saturated carbocycles. The molecule has 1 aliphatic heterocycles. The largest absolute Gasteiger partial charge is 0.347 e. The van der Waals surface area contributed by atoms with E-state index >= 15 is 0 Å². The summed E-state index contributed by atoms with van der Waals surface area (Å²) in [4.78, 5) is 39.1. The number of likely N-dealkylation sites (N-methyl/N-ethyl adjacent to an activating group) is 1. The highest BCUT2D eigenvalue weighted by Crippen LogP contribution is 2.21. The van der Waals surface area contributed by atoms with Crippen molar-refractivity contribution in [1.82, 2.24) is 9.80 Å². The van der Waals surface area contributed by atoms with Gasteiger partial charge in [-0.2, -0.15) is 0 Å². The zero-order valence-corrected chi connectivity index (χ0v) is 13.6. The van der Waals surface area contributed by atoms with Crippen molar-refractivity contribution in [3.8, 4) is 0 Å². The summed E-state index contributed by atoms with van der Waals surface area (Å²) in [6.45, 7) is 0.348. The summed E-state index contributed by atoms with van der Waals surface area (Å²) >= 11 is 5.63. The van der Waals surface area contributed by atoms with Crippen LogP contribution in [0.15, 0.2) is 18.2 Å². The zero-order valence-electron chi connectivity index (χ0n) is 12.8. The molecule has 2 rings (SSSR count). The van der Waals surface area contributed by atoms with Gasteiger partial charge in [-0.05, 0) is 31.0 Å². The minimum atomic E-state index is -0.883. The van der Waals surface area contributed by atoms with Crippen LogP contribution in [-0.2, 0) is 14.4 Å².